The van der Waals surface area contributed by atoms with Gasteiger partial charge in [-0.25, -0.2) is 4.79 Å². The predicted octanol–water partition coefficient (Wildman–Crippen LogP) is 3.12. The number of aryl methyl sites for hydroxylation is 1. The first-order valence-corrected chi connectivity index (χ1v) is 7.33. The van der Waals surface area contributed by atoms with Gasteiger partial charge in [0, 0.05) is 28.8 Å². The Balaban J connectivity index is 1.76. The molecule has 2 amide bonds. The Morgan fingerprint density at radius 2 is 2.19 bits per heavy atom. The first-order valence-electron chi connectivity index (χ1n) is 7.33. The molecule has 1 aliphatic heterocycles. The Morgan fingerprint density at radius 1 is 1.38 bits per heavy atom. The first-order chi connectivity index (χ1) is 10.0. The summed E-state index contributed by atoms with van der Waals surface area (Å²) in [5.41, 5.74) is 3.01. The highest BCUT2D eigenvalue weighted by Gasteiger charge is 2.29. The number of hydrogen-bond acceptors (Lipinski definition) is 2. The fraction of sp³-hybridized carbons (Fsp3) is 0.438. The van der Waals surface area contributed by atoms with E-state index in [1.807, 2.05) is 43.9 Å². The number of rotatable bonds is 1. The maximum atomic E-state index is 12.4. The minimum Gasteiger partial charge on any atom is -0.375 e. The number of nitrogens with zero attached hydrogens (tertiary/aromatic N) is 1. The Labute approximate surface area is 124 Å². The molecule has 0 unspecified atom stereocenters. The Morgan fingerprint density at radius 3 is 3.00 bits per heavy atom. The number of carbonyl (C=O) groups is 1. The van der Waals surface area contributed by atoms with Crippen LogP contribution in [0.5, 0.6) is 0 Å². The Bertz CT molecular complexity index is 665. The zero-order chi connectivity index (χ0) is 15.0. The molecule has 2 aromatic rings. The van der Waals surface area contributed by atoms with E-state index in [0.717, 1.165) is 22.3 Å². The first kappa shape index (κ1) is 13.9. The Hall–Kier alpha value is -2.01. The van der Waals surface area contributed by atoms with Crippen molar-refractivity contribution in [3.63, 3.8) is 0 Å². The van der Waals surface area contributed by atoms with Gasteiger partial charge in [0.15, 0.2) is 0 Å². The molecule has 0 bridgehead atoms. The van der Waals surface area contributed by atoms with E-state index >= 15 is 0 Å². The number of benzene rings is 1. The number of amides is 2. The SMILES string of the molecule is Cc1cc2cc(NC(=O)N3CCO[C@H](C)[C@@H]3C)ccc2[nH]1. The van der Waals surface area contributed by atoms with Crippen molar-refractivity contribution in [2.75, 3.05) is 18.5 Å². The van der Waals surface area contributed by atoms with Crippen LogP contribution in [0.15, 0.2) is 24.3 Å². The van der Waals surface area contributed by atoms with Gasteiger partial charge in [0.1, 0.15) is 0 Å². The summed E-state index contributed by atoms with van der Waals surface area (Å²) in [5, 5.41) is 4.09. The van der Waals surface area contributed by atoms with Crippen LogP contribution >= 0.6 is 0 Å². The van der Waals surface area contributed by atoms with Crippen molar-refractivity contribution < 1.29 is 9.53 Å². The molecule has 5 heteroatoms. The number of urea groups is 1. The van der Waals surface area contributed by atoms with E-state index < -0.39 is 0 Å². The summed E-state index contributed by atoms with van der Waals surface area (Å²) in [5.74, 6) is 0. The topological polar surface area (TPSA) is 57.4 Å². The van der Waals surface area contributed by atoms with Crippen molar-refractivity contribution >= 4 is 22.6 Å². The van der Waals surface area contributed by atoms with Gasteiger partial charge in [-0.1, -0.05) is 0 Å². The highest BCUT2D eigenvalue weighted by Crippen LogP contribution is 2.21. The fourth-order valence-electron chi connectivity index (χ4n) is 2.77. The lowest BCUT2D eigenvalue weighted by Crippen LogP contribution is -2.52. The number of aromatic amines is 1. The highest BCUT2D eigenvalue weighted by atomic mass is 16.5. The van der Waals surface area contributed by atoms with E-state index in [-0.39, 0.29) is 18.2 Å². The van der Waals surface area contributed by atoms with Gasteiger partial charge in [-0.15, -0.1) is 0 Å². The number of aromatic nitrogens is 1. The van der Waals surface area contributed by atoms with E-state index in [1.54, 1.807) is 0 Å². The largest absolute Gasteiger partial charge is 0.375 e. The summed E-state index contributed by atoms with van der Waals surface area (Å²) in [4.78, 5) is 17.5. The van der Waals surface area contributed by atoms with Crippen LogP contribution in [-0.4, -0.2) is 41.2 Å². The number of fused-ring (bicyclic) bond motifs is 1. The predicted molar refractivity (Wildman–Crippen MR) is 83.6 cm³/mol. The van der Waals surface area contributed by atoms with Gasteiger partial charge in [0.2, 0.25) is 0 Å². The van der Waals surface area contributed by atoms with Crippen molar-refractivity contribution in [3.05, 3.63) is 30.0 Å². The molecule has 112 valence electrons. The highest BCUT2D eigenvalue weighted by molar-refractivity contribution is 5.93. The van der Waals surface area contributed by atoms with E-state index in [0.29, 0.717) is 13.2 Å². The molecular weight excluding hydrogens is 266 g/mol. The van der Waals surface area contributed by atoms with Crippen LogP contribution in [0, 0.1) is 6.92 Å². The summed E-state index contributed by atoms with van der Waals surface area (Å²) in [6, 6.07) is 7.99. The van der Waals surface area contributed by atoms with Gasteiger partial charge in [0.25, 0.3) is 0 Å². The molecule has 1 aromatic carbocycles. The summed E-state index contributed by atoms with van der Waals surface area (Å²) in [7, 11) is 0. The quantitative estimate of drug-likeness (QED) is 0.846. The standard InChI is InChI=1S/C16H21N3O2/c1-10-8-13-9-14(4-5-15(13)17-10)18-16(20)19-6-7-21-12(3)11(19)2/h4-5,8-9,11-12,17H,6-7H2,1-3H3,(H,18,20)/t11-,12+/m0/s1. The average molecular weight is 287 g/mol. The number of carbonyl (C=O) groups excluding carboxylic acids is 1. The molecule has 0 saturated carbocycles. The fourth-order valence-corrected chi connectivity index (χ4v) is 2.77. The molecule has 1 aromatic heterocycles. The third-order valence-electron chi connectivity index (χ3n) is 4.15. The van der Waals surface area contributed by atoms with Gasteiger partial charge in [-0.2, -0.15) is 0 Å². The molecule has 1 fully saturated rings. The number of ether oxygens (including phenoxy) is 1. The number of morpholine rings is 1. The molecule has 1 saturated heterocycles. The van der Waals surface area contributed by atoms with Crippen molar-refractivity contribution in [3.8, 4) is 0 Å². The second-order valence-electron chi connectivity index (χ2n) is 5.69. The van der Waals surface area contributed by atoms with Gasteiger partial charge < -0.3 is 19.9 Å². The minimum absolute atomic E-state index is 0.0655. The number of anilines is 1. The lowest BCUT2D eigenvalue weighted by Gasteiger charge is -2.37. The molecule has 0 radical (unpaired) electrons. The van der Waals surface area contributed by atoms with Crippen molar-refractivity contribution in [1.29, 1.82) is 0 Å². The molecule has 0 spiro atoms. The van der Waals surface area contributed by atoms with Crippen molar-refractivity contribution in [2.24, 2.45) is 0 Å². The molecule has 2 atom stereocenters. The average Bonchev–Trinajstić information content (AvgIpc) is 2.81. The summed E-state index contributed by atoms with van der Waals surface area (Å²) < 4.78 is 5.56. The third-order valence-corrected chi connectivity index (χ3v) is 4.15. The van der Waals surface area contributed by atoms with E-state index in [1.165, 1.54) is 0 Å². The van der Waals surface area contributed by atoms with Crippen LogP contribution < -0.4 is 5.32 Å². The van der Waals surface area contributed by atoms with E-state index in [4.69, 9.17) is 4.74 Å². The Kier molecular flexibility index (Phi) is 3.59. The molecule has 1 aliphatic rings. The van der Waals surface area contributed by atoms with E-state index in [9.17, 15) is 4.79 Å². The maximum absolute atomic E-state index is 12.4. The second-order valence-corrected chi connectivity index (χ2v) is 5.69. The molecule has 0 aliphatic carbocycles. The molecular formula is C16H21N3O2. The van der Waals surface area contributed by atoms with Crippen LogP contribution in [0.4, 0.5) is 10.5 Å². The van der Waals surface area contributed by atoms with Crippen LogP contribution in [0.25, 0.3) is 10.9 Å². The summed E-state index contributed by atoms with van der Waals surface area (Å²) >= 11 is 0. The van der Waals surface area contributed by atoms with E-state index in [2.05, 4.69) is 16.4 Å². The summed E-state index contributed by atoms with van der Waals surface area (Å²) in [6.45, 7) is 7.26. The van der Waals surface area contributed by atoms with Gasteiger partial charge in [-0.05, 0) is 45.0 Å². The smallest absolute Gasteiger partial charge is 0.322 e. The van der Waals surface area contributed by atoms with Gasteiger partial charge >= 0.3 is 6.03 Å². The van der Waals surface area contributed by atoms with Crippen LogP contribution in [0.2, 0.25) is 0 Å². The second kappa shape index (κ2) is 5.41. The molecule has 21 heavy (non-hydrogen) atoms. The zero-order valence-corrected chi connectivity index (χ0v) is 12.6. The normalized spacial score (nSPS) is 22.5. The molecule has 2 heterocycles. The number of hydrogen-bond donors (Lipinski definition) is 2. The van der Waals surface area contributed by atoms with Crippen molar-refractivity contribution in [1.82, 2.24) is 9.88 Å². The monoisotopic (exact) mass is 287 g/mol. The van der Waals surface area contributed by atoms with Crippen LogP contribution in [-0.2, 0) is 4.74 Å². The number of nitrogens with one attached hydrogen (secondary N) is 2. The lowest BCUT2D eigenvalue weighted by atomic mass is 10.1. The molecule has 5 nitrogen and oxygen atoms in total. The summed E-state index contributed by atoms with van der Waals surface area (Å²) in [6.07, 6.45) is 0.0688. The molecule has 2 N–H and O–H groups in total. The lowest BCUT2D eigenvalue weighted by molar-refractivity contribution is -0.0355. The maximum Gasteiger partial charge on any atom is 0.322 e. The van der Waals surface area contributed by atoms with Gasteiger partial charge in [-0.3, -0.25) is 0 Å². The van der Waals surface area contributed by atoms with Crippen LogP contribution in [0.3, 0.4) is 0 Å². The number of H-pyrrole nitrogens is 1. The minimum atomic E-state index is -0.0655. The van der Waals surface area contributed by atoms with Crippen molar-refractivity contribution in [2.45, 2.75) is 32.9 Å². The van der Waals surface area contributed by atoms with Gasteiger partial charge in [0.05, 0.1) is 18.8 Å². The zero-order valence-electron chi connectivity index (χ0n) is 12.6. The molecule has 3 rings (SSSR count). The van der Waals surface area contributed by atoms with Crippen LogP contribution in [0.1, 0.15) is 19.5 Å². The third kappa shape index (κ3) is 2.74.